The fourth-order valence-electron chi connectivity index (χ4n) is 2.91. The molecule has 2 aromatic carbocycles. The van der Waals surface area contributed by atoms with Crippen molar-refractivity contribution >= 4 is 28.4 Å². The molecule has 1 heterocycles. The van der Waals surface area contributed by atoms with Crippen LogP contribution in [0.15, 0.2) is 30.3 Å². The van der Waals surface area contributed by atoms with E-state index in [1.165, 1.54) is 0 Å². The highest BCUT2D eigenvalue weighted by Crippen LogP contribution is 2.24. The molecule has 0 fully saturated rings. The molecule has 0 saturated heterocycles. The predicted octanol–water partition coefficient (Wildman–Crippen LogP) is 4.69. The SMILES string of the molecule is Cc1ccc2[nH]c(C)c(CCNC(=O)c3cc(F)c(F)cc3Cl)c2c1. The van der Waals surface area contributed by atoms with Crippen LogP contribution >= 0.6 is 11.6 Å². The number of aromatic amines is 1. The molecule has 1 aromatic heterocycles. The summed E-state index contributed by atoms with van der Waals surface area (Å²) < 4.78 is 26.4. The fourth-order valence-corrected chi connectivity index (χ4v) is 3.15. The van der Waals surface area contributed by atoms with Crippen LogP contribution in [0.4, 0.5) is 8.78 Å². The average molecular weight is 363 g/mol. The Hall–Kier alpha value is -2.40. The summed E-state index contributed by atoms with van der Waals surface area (Å²) in [6, 6.07) is 7.78. The number of hydrogen-bond acceptors (Lipinski definition) is 1. The first-order valence-electron chi connectivity index (χ1n) is 7.87. The Bertz CT molecular complexity index is 966. The van der Waals surface area contributed by atoms with Crippen molar-refractivity contribution in [1.82, 2.24) is 10.3 Å². The van der Waals surface area contributed by atoms with Crippen molar-refractivity contribution < 1.29 is 13.6 Å². The van der Waals surface area contributed by atoms with Gasteiger partial charge in [0.05, 0.1) is 10.6 Å². The molecule has 0 spiro atoms. The highest BCUT2D eigenvalue weighted by atomic mass is 35.5. The van der Waals surface area contributed by atoms with E-state index in [9.17, 15) is 13.6 Å². The summed E-state index contributed by atoms with van der Waals surface area (Å²) in [4.78, 5) is 15.5. The van der Waals surface area contributed by atoms with E-state index in [0.717, 1.165) is 39.9 Å². The molecule has 0 bridgehead atoms. The van der Waals surface area contributed by atoms with E-state index >= 15 is 0 Å². The van der Waals surface area contributed by atoms with Crippen molar-refractivity contribution in [3.8, 4) is 0 Å². The molecule has 0 aliphatic carbocycles. The van der Waals surface area contributed by atoms with Gasteiger partial charge in [0.1, 0.15) is 0 Å². The van der Waals surface area contributed by atoms with Crippen LogP contribution in [-0.2, 0) is 6.42 Å². The maximum absolute atomic E-state index is 13.3. The second-order valence-corrected chi connectivity index (χ2v) is 6.44. The number of aromatic nitrogens is 1. The van der Waals surface area contributed by atoms with Gasteiger partial charge < -0.3 is 10.3 Å². The average Bonchev–Trinajstić information content (AvgIpc) is 2.86. The quantitative estimate of drug-likeness (QED) is 0.650. The summed E-state index contributed by atoms with van der Waals surface area (Å²) in [5, 5.41) is 3.71. The van der Waals surface area contributed by atoms with Gasteiger partial charge in [0.25, 0.3) is 5.91 Å². The van der Waals surface area contributed by atoms with Crippen LogP contribution in [0.25, 0.3) is 10.9 Å². The molecule has 0 saturated carbocycles. The molecule has 2 N–H and O–H groups in total. The van der Waals surface area contributed by atoms with E-state index in [4.69, 9.17) is 11.6 Å². The number of hydrogen-bond donors (Lipinski definition) is 2. The number of amides is 1. The Morgan fingerprint density at radius 3 is 2.64 bits per heavy atom. The van der Waals surface area contributed by atoms with Crippen molar-refractivity contribution in [2.24, 2.45) is 0 Å². The number of nitrogens with one attached hydrogen (secondary N) is 2. The standard InChI is InChI=1S/C19H17ClF2N2O/c1-10-3-4-18-13(7-10)12(11(2)24-18)5-6-23-19(25)14-8-16(21)17(22)9-15(14)20/h3-4,7-9,24H,5-6H2,1-2H3,(H,23,25). The second kappa shape index (κ2) is 6.84. The molecule has 3 nitrogen and oxygen atoms in total. The van der Waals surface area contributed by atoms with Crippen LogP contribution in [0.2, 0.25) is 5.02 Å². The molecule has 25 heavy (non-hydrogen) atoms. The Morgan fingerprint density at radius 1 is 1.16 bits per heavy atom. The lowest BCUT2D eigenvalue weighted by Gasteiger charge is -2.08. The number of H-pyrrole nitrogens is 1. The first-order chi connectivity index (χ1) is 11.9. The Kier molecular flexibility index (Phi) is 4.77. The van der Waals surface area contributed by atoms with Gasteiger partial charge >= 0.3 is 0 Å². The van der Waals surface area contributed by atoms with Gasteiger partial charge in [-0.15, -0.1) is 0 Å². The second-order valence-electron chi connectivity index (χ2n) is 6.03. The Labute approximate surface area is 149 Å². The van der Waals surface area contributed by atoms with Gasteiger partial charge in [0.2, 0.25) is 0 Å². The third-order valence-electron chi connectivity index (χ3n) is 4.19. The van der Waals surface area contributed by atoms with Crippen LogP contribution in [-0.4, -0.2) is 17.4 Å². The number of aryl methyl sites for hydroxylation is 2. The van der Waals surface area contributed by atoms with E-state index in [-0.39, 0.29) is 10.6 Å². The highest BCUT2D eigenvalue weighted by Gasteiger charge is 2.15. The number of rotatable bonds is 4. The molecule has 6 heteroatoms. The molecule has 0 unspecified atom stereocenters. The third kappa shape index (κ3) is 3.51. The summed E-state index contributed by atoms with van der Waals surface area (Å²) in [5.74, 6) is -2.71. The topological polar surface area (TPSA) is 44.9 Å². The van der Waals surface area contributed by atoms with E-state index in [1.54, 1.807) is 0 Å². The first kappa shape index (κ1) is 17.4. The number of carbonyl (C=O) groups is 1. The number of carbonyl (C=O) groups excluding carboxylic acids is 1. The largest absolute Gasteiger partial charge is 0.358 e. The van der Waals surface area contributed by atoms with Gasteiger partial charge in [0, 0.05) is 23.1 Å². The molecule has 130 valence electrons. The zero-order valence-corrected chi connectivity index (χ0v) is 14.6. The molecule has 1 amide bonds. The van der Waals surface area contributed by atoms with Crippen LogP contribution in [0.5, 0.6) is 0 Å². The predicted molar refractivity (Wildman–Crippen MR) is 95.2 cm³/mol. The fraction of sp³-hybridized carbons (Fsp3) is 0.211. The van der Waals surface area contributed by atoms with Crippen LogP contribution in [0.1, 0.15) is 27.2 Å². The van der Waals surface area contributed by atoms with Crippen molar-refractivity contribution in [3.63, 3.8) is 0 Å². The smallest absolute Gasteiger partial charge is 0.252 e. The molecule has 3 aromatic rings. The number of benzene rings is 2. The van der Waals surface area contributed by atoms with Crippen LogP contribution in [0.3, 0.4) is 0 Å². The summed E-state index contributed by atoms with van der Waals surface area (Å²) in [6.45, 7) is 4.37. The molecule has 0 aliphatic heterocycles. The van der Waals surface area contributed by atoms with Gasteiger partial charge in [0.15, 0.2) is 11.6 Å². The van der Waals surface area contributed by atoms with Crippen LogP contribution < -0.4 is 5.32 Å². The lowest BCUT2D eigenvalue weighted by molar-refractivity contribution is 0.0953. The number of halogens is 3. The molecule has 0 radical (unpaired) electrons. The third-order valence-corrected chi connectivity index (χ3v) is 4.50. The zero-order valence-electron chi connectivity index (χ0n) is 13.8. The van der Waals surface area contributed by atoms with Crippen LogP contribution in [0, 0.1) is 25.5 Å². The Morgan fingerprint density at radius 2 is 1.88 bits per heavy atom. The van der Waals surface area contributed by atoms with Crippen molar-refractivity contribution in [3.05, 3.63) is 69.4 Å². The molecular weight excluding hydrogens is 346 g/mol. The van der Waals surface area contributed by atoms with E-state index < -0.39 is 17.5 Å². The lowest BCUT2D eigenvalue weighted by atomic mass is 10.1. The molecule has 3 rings (SSSR count). The zero-order chi connectivity index (χ0) is 18.1. The van der Waals surface area contributed by atoms with Crippen molar-refractivity contribution in [2.45, 2.75) is 20.3 Å². The molecule has 0 atom stereocenters. The summed E-state index contributed by atoms with van der Waals surface area (Å²) in [5.41, 5.74) is 4.29. The minimum Gasteiger partial charge on any atom is -0.358 e. The summed E-state index contributed by atoms with van der Waals surface area (Å²) >= 11 is 5.82. The van der Waals surface area contributed by atoms with Gasteiger partial charge in [-0.3, -0.25) is 4.79 Å². The lowest BCUT2D eigenvalue weighted by Crippen LogP contribution is -2.26. The van der Waals surface area contributed by atoms with E-state index in [0.29, 0.717) is 13.0 Å². The maximum atomic E-state index is 13.3. The summed E-state index contributed by atoms with van der Waals surface area (Å²) in [6.07, 6.45) is 0.613. The van der Waals surface area contributed by atoms with Gasteiger partial charge in [-0.05, 0) is 50.1 Å². The first-order valence-corrected chi connectivity index (χ1v) is 8.25. The van der Waals surface area contributed by atoms with Gasteiger partial charge in [-0.1, -0.05) is 23.2 Å². The Balaban J connectivity index is 1.73. The van der Waals surface area contributed by atoms with Crippen molar-refractivity contribution in [1.29, 1.82) is 0 Å². The monoisotopic (exact) mass is 362 g/mol. The maximum Gasteiger partial charge on any atom is 0.252 e. The number of fused-ring (bicyclic) bond motifs is 1. The van der Waals surface area contributed by atoms with Gasteiger partial charge in [-0.25, -0.2) is 8.78 Å². The normalized spacial score (nSPS) is 11.1. The minimum atomic E-state index is -1.10. The summed E-state index contributed by atoms with van der Waals surface area (Å²) in [7, 11) is 0. The van der Waals surface area contributed by atoms with E-state index in [1.807, 2.05) is 26.0 Å². The molecular formula is C19H17ClF2N2O. The van der Waals surface area contributed by atoms with Crippen molar-refractivity contribution in [2.75, 3.05) is 6.54 Å². The minimum absolute atomic E-state index is 0.0768. The van der Waals surface area contributed by atoms with Gasteiger partial charge in [-0.2, -0.15) is 0 Å². The molecule has 0 aliphatic rings. The van der Waals surface area contributed by atoms with E-state index in [2.05, 4.69) is 16.4 Å². The highest BCUT2D eigenvalue weighted by molar-refractivity contribution is 6.33.